The van der Waals surface area contributed by atoms with E-state index in [4.69, 9.17) is 11.5 Å². The van der Waals surface area contributed by atoms with Crippen LogP contribution in [0.4, 0.5) is 5.69 Å². The molecule has 0 aliphatic rings. The molecule has 0 saturated heterocycles. The molecule has 0 radical (unpaired) electrons. The highest BCUT2D eigenvalue weighted by Gasteiger charge is 2.30. The van der Waals surface area contributed by atoms with E-state index in [1.807, 2.05) is 13.8 Å². The van der Waals surface area contributed by atoms with E-state index >= 15 is 0 Å². The first kappa shape index (κ1) is 18.4. The van der Waals surface area contributed by atoms with Gasteiger partial charge in [0.15, 0.2) is 0 Å². The number of carbonyl (C=O) groups is 1. The molecule has 1 rings (SSSR count). The molecule has 0 spiro atoms. The number of rotatable bonds is 6. The van der Waals surface area contributed by atoms with Gasteiger partial charge < -0.3 is 11.5 Å². The Kier molecular flexibility index (Phi) is 6.21. The van der Waals surface area contributed by atoms with E-state index in [0.29, 0.717) is 14.6 Å². The van der Waals surface area contributed by atoms with Crippen LogP contribution in [0.1, 0.15) is 13.8 Å². The Bertz CT molecular complexity index is 624. The number of nitrogens with two attached hydrogens (primary N) is 2. The summed E-state index contributed by atoms with van der Waals surface area (Å²) in [5, 5.41) is 0. The van der Waals surface area contributed by atoms with Gasteiger partial charge in [0.1, 0.15) is 4.90 Å². The van der Waals surface area contributed by atoms with Crippen molar-refractivity contribution in [1.29, 1.82) is 0 Å². The summed E-state index contributed by atoms with van der Waals surface area (Å²) in [7, 11) is -3.89. The first-order valence-electron chi connectivity index (χ1n) is 6.08. The number of primary amides is 1. The van der Waals surface area contributed by atoms with Crippen LogP contribution < -0.4 is 11.5 Å². The van der Waals surface area contributed by atoms with E-state index in [1.54, 1.807) is 0 Å². The lowest BCUT2D eigenvalue weighted by atomic mass is 10.2. The minimum absolute atomic E-state index is 0.0265. The molecule has 0 heterocycles. The van der Waals surface area contributed by atoms with Crippen LogP contribution in [0.2, 0.25) is 0 Å². The molecule has 21 heavy (non-hydrogen) atoms. The smallest absolute Gasteiger partial charge is 0.245 e. The van der Waals surface area contributed by atoms with Crippen molar-refractivity contribution < 1.29 is 13.2 Å². The molecule has 0 aliphatic carbocycles. The number of anilines is 1. The standard InChI is InChI=1S/C12H17Br2N3O3S/c1-7(2)5-17(6-11(16)18)21(19,20)12-9(13)3-8(15)4-10(12)14/h3-4,7H,5-6,15H2,1-2H3,(H2,16,18). The minimum Gasteiger partial charge on any atom is -0.399 e. The Morgan fingerprint density at radius 3 is 2.14 bits per heavy atom. The van der Waals surface area contributed by atoms with Crippen LogP contribution in [-0.4, -0.2) is 31.7 Å². The molecule has 0 atom stereocenters. The van der Waals surface area contributed by atoms with Gasteiger partial charge in [-0.3, -0.25) is 4.79 Å². The van der Waals surface area contributed by atoms with Crippen LogP contribution >= 0.6 is 31.9 Å². The zero-order valence-corrected chi connectivity index (χ0v) is 15.6. The van der Waals surface area contributed by atoms with Gasteiger partial charge in [0.25, 0.3) is 0 Å². The first-order valence-corrected chi connectivity index (χ1v) is 9.11. The normalized spacial score (nSPS) is 12.1. The third-order valence-electron chi connectivity index (χ3n) is 2.52. The molecule has 0 aliphatic heterocycles. The highest BCUT2D eigenvalue weighted by molar-refractivity contribution is 9.11. The third kappa shape index (κ3) is 4.67. The van der Waals surface area contributed by atoms with Crippen LogP contribution in [0.15, 0.2) is 26.0 Å². The average molecular weight is 443 g/mol. The first-order chi connectivity index (χ1) is 9.55. The second-order valence-corrected chi connectivity index (χ2v) is 8.55. The van der Waals surface area contributed by atoms with Crippen LogP contribution in [-0.2, 0) is 14.8 Å². The molecule has 1 amide bonds. The Balaban J connectivity index is 3.38. The van der Waals surface area contributed by atoms with E-state index in [-0.39, 0.29) is 23.9 Å². The van der Waals surface area contributed by atoms with Gasteiger partial charge in [-0.15, -0.1) is 0 Å². The summed E-state index contributed by atoms with van der Waals surface area (Å²) in [6.07, 6.45) is 0. The van der Waals surface area contributed by atoms with Crippen molar-refractivity contribution in [2.24, 2.45) is 11.7 Å². The van der Waals surface area contributed by atoms with Crippen LogP contribution in [0.5, 0.6) is 0 Å². The number of nitrogens with zero attached hydrogens (tertiary/aromatic N) is 1. The minimum atomic E-state index is -3.89. The largest absolute Gasteiger partial charge is 0.399 e. The van der Waals surface area contributed by atoms with Gasteiger partial charge in [0.05, 0.1) is 6.54 Å². The number of hydrogen-bond acceptors (Lipinski definition) is 4. The van der Waals surface area contributed by atoms with Gasteiger partial charge in [0, 0.05) is 21.2 Å². The van der Waals surface area contributed by atoms with Gasteiger partial charge in [-0.25, -0.2) is 8.42 Å². The zero-order chi connectivity index (χ0) is 16.4. The van der Waals surface area contributed by atoms with Crippen molar-refractivity contribution in [3.63, 3.8) is 0 Å². The predicted molar refractivity (Wildman–Crippen MR) is 89.0 cm³/mol. The second-order valence-electron chi connectivity index (χ2n) is 4.97. The molecular weight excluding hydrogens is 426 g/mol. The molecule has 0 unspecified atom stereocenters. The lowest BCUT2D eigenvalue weighted by Crippen LogP contribution is -2.40. The number of hydrogen-bond donors (Lipinski definition) is 2. The maximum Gasteiger partial charge on any atom is 0.245 e. The van der Waals surface area contributed by atoms with E-state index in [2.05, 4.69) is 31.9 Å². The summed E-state index contributed by atoms with van der Waals surface area (Å²) in [4.78, 5) is 11.2. The van der Waals surface area contributed by atoms with Gasteiger partial charge in [-0.2, -0.15) is 4.31 Å². The molecule has 0 saturated carbocycles. The Hall–Kier alpha value is -0.640. The number of carbonyl (C=O) groups excluding carboxylic acids is 1. The third-order valence-corrected chi connectivity index (χ3v) is 6.21. The summed E-state index contributed by atoms with van der Waals surface area (Å²) in [5.41, 5.74) is 11.2. The van der Waals surface area contributed by atoms with Crippen LogP contribution in [0.3, 0.4) is 0 Å². The quantitative estimate of drug-likeness (QED) is 0.656. The lowest BCUT2D eigenvalue weighted by Gasteiger charge is -2.24. The van der Waals surface area contributed by atoms with E-state index in [1.165, 1.54) is 12.1 Å². The van der Waals surface area contributed by atoms with Gasteiger partial charge in [-0.1, -0.05) is 13.8 Å². The molecular formula is C12H17Br2N3O3S. The summed E-state index contributed by atoms with van der Waals surface area (Å²) in [6.45, 7) is 3.53. The molecule has 118 valence electrons. The van der Waals surface area contributed by atoms with E-state index in [9.17, 15) is 13.2 Å². The fraction of sp³-hybridized carbons (Fsp3) is 0.417. The number of halogens is 2. The average Bonchev–Trinajstić information content (AvgIpc) is 2.24. The molecule has 4 N–H and O–H groups in total. The van der Waals surface area contributed by atoms with Crippen molar-refractivity contribution in [2.75, 3.05) is 18.8 Å². The summed E-state index contributed by atoms with van der Waals surface area (Å²) >= 11 is 6.41. The number of amides is 1. The van der Waals surface area contributed by atoms with Crippen LogP contribution in [0.25, 0.3) is 0 Å². The van der Waals surface area contributed by atoms with E-state index in [0.717, 1.165) is 4.31 Å². The topological polar surface area (TPSA) is 106 Å². The summed E-state index contributed by atoms with van der Waals surface area (Å²) < 4.78 is 27.3. The number of nitrogen functional groups attached to an aromatic ring is 1. The van der Waals surface area contributed by atoms with Crippen molar-refractivity contribution >= 4 is 53.5 Å². The SMILES string of the molecule is CC(C)CN(CC(N)=O)S(=O)(=O)c1c(Br)cc(N)cc1Br. The molecule has 0 fully saturated rings. The maximum atomic E-state index is 12.8. The van der Waals surface area contributed by atoms with Gasteiger partial charge in [-0.05, 0) is 49.9 Å². The highest BCUT2D eigenvalue weighted by Crippen LogP contribution is 2.34. The van der Waals surface area contributed by atoms with Crippen molar-refractivity contribution in [1.82, 2.24) is 4.31 Å². The Morgan fingerprint density at radius 2 is 1.76 bits per heavy atom. The molecule has 9 heteroatoms. The fourth-order valence-electron chi connectivity index (χ4n) is 1.78. The zero-order valence-electron chi connectivity index (χ0n) is 11.6. The summed E-state index contributed by atoms with van der Waals surface area (Å²) in [5.74, 6) is -0.660. The second kappa shape index (κ2) is 7.08. The van der Waals surface area contributed by atoms with Gasteiger partial charge in [0.2, 0.25) is 15.9 Å². The summed E-state index contributed by atoms with van der Waals surface area (Å²) in [6, 6.07) is 2.99. The molecule has 0 aromatic heterocycles. The predicted octanol–water partition coefficient (Wildman–Crippen LogP) is 1.93. The molecule has 1 aromatic rings. The fourth-order valence-corrected chi connectivity index (χ4v) is 5.89. The van der Waals surface area contributed by atoms with Gasteiger partial charge >= 0.3 is 0 Å². The maximum absolute atomic E-state index is 12.8. The van der Waals surface area contributed by atoms with Crippen LogP contribution in [0, 0.1) is 5.92 Å². The molecule has 1 aromatic carbocycles. The number of sulfonamides is 1. The number of benzene rings is 1. The monoisotopic (exact) mass is 441 g/mol. The molecule has 6 nitrogen and oxygen atoms in total. The highest BCUT2D eigenvalue weighted by atomic mass is 79.9. The van der Waals surface area contributed by atoms with Crippen molar-refractivity contribution in [3.05, 3.63) is 21.1 Å². The Labute approximate surface area is 141 Å². The van der Waals surface area contributed by atoms with E-state index < -0.39 is 15.9 Å². The molecule has 0 bridgehead atoms. The lowest BCUT2D eigenvalue weighted by molar-refractivity contribution is -0.118. The van der Waals surface area contributed by atoms with Crippen molar-refractivity contribution in [2.45, 2.75) is 18.7 Å². The Morgan fingerprint density at radius 1 is 1.29 bits per heavy atom. The van der Waals surface area contributed by atoms with Crippen molar-refractivity contribution in [3.8, 4) is 0 Å².